The summed E-state index contributed by atoms with van der Waals surface area (Å²) in [4.78, 5) is 17.5. The van der Waals surface area contributed by atoms with Crippen LogP contribution in [0.3, 0.4) is 0 Å². The van der Waals surface area contributed by atoms with Crippen molar-refractivity contribution in [3.8, 4) is 0 Å². The summed E-state index contributed by atoms with van der Waals surface area (Å²) in [5.41, 5.74) is 8.81. The number of carbonyl (C=O) groups excluding carboxylic acids is 1. The standard InChI is InChI=1S/C21H25F2N7O2/c1-11-18(29-32-28-11)20(31)27-19(13-4-6-21(22,23)7-5-13)15-10-30-16(26-15)8-14(9-25-30)17(24)12-2-3-12/h8-10,12-13,17,19H,2-7,24H2,1H3,(H,27,31)/t17-,19+/m1/s1. The van der Waals surface area contributed by atoms with Gasteiger partial charge in [-0.05, 0) is 61.2 Å². The van der Waals surface area contributed by atoms with Gasteiger partial charge in [0.25, 0.3) is 5.91 Å². The van der Waals surface area contributed by atoms with Crippen molar-refractivity contribution >= 4 is 11.6 Å². The van der Waals surface area contributed by atoms with Crippen LogP contribution in [0.1, 0.15) is 78.0 Å². The zero-order chi connectivity index (χ0) is 22.5. The molecule has 11 heteroatoms. The molecule has 32 heavy (non-hydrogen) atoms. The Morgan fingerprint density at radius 2 is 2.00 bits per heavy atom. The number of nitrogens with two attached hydrogens (primary N) is 1. The Bertz CT molecular complexity index is 1130. The zero-order valence-corrected chi connectivity index (χ0v) is 17.7. The van der Waals surface area contributed by atoms with Crippen molar-refractivity contribution in [2.45, 2.75) is 63.5 Å². The first-order chi connectivity index (χ1) is 15.3. The Morgan fingerprint density at radius 1 is 1.25 bits per heavy atom. The van der Waals surface area contributed by atoms with Gasteiger partial charge in [0.2, 0.25) is 5.92 Å². The minimum atomic E-state index is -2.67. The Kier molecular flexibility index (Phi) is 5.15. The highest BCUT2D eigenvalue weighted by atomic mass is 19.3. The molecular formula is C21H25F2N7O2. The monoisotopic (exact) mass is 445 g/mol. The van der Waals surface area contributed by atoms with Gasteiger partial charge in [-0.25, -0.2) is 22.9 Å². The molecule has 0 aromatic carbocycles. The van der Waals surface area contributed by atoms with Crippen LogP contribution in [0, 0.1) is 18.8 Å². The third-order valence-corrected chi connectivity index (χ3v) is 6.58. The molecule has 5 rings (SSSR count). The highest BCUT2D eigenvalue weighted by molar-refractivity contribution is 5.93. The van der Waals surface area contributed by atoms with Crippen molar-refractivity contribution in [1.82, 2.24) is 30.2 Å². The van der Waals surface area contributed by atoms with Crippen molar-refractivity contribution in [2.75, 3.05) is 0 Å². The Hall–Kier alpha value is -2.95. The van der Waals surface area contributed by atoms with Crippen LogP contribution in [-0.4, -0.2) is 36.7 Å². The second-order valence-corrected chi connectivity index (χ2v) is 8.96. The van der Waals surface area contributed by atoms with Crippen LogP contribution in [0.15, 0.2) is 23.1 Å². The van der Waals surface area contributed by atoms with E-state index in [9.17, 15) is 13.6 Å². The van der Waals surface area contributed by atoms with Crippen LogP contribution in [-0.2, 0) is 0 Å². The lowest BCUT2D eigenvalue weighted by Gasteiger charge is -2.33. The van der Waals surface area contributed by atoms with Crippen LogP contribution in [0.2, 0.25) is 0 Å². The summed E-state index contributed by atoms with van der Waals surface area (Å²) in [5.74, 6) is -2.88. The second-order valence-electron chi connectivity index (χ2n) is 8.96. The Labute approximate surface area is 182 Å². The van der Waals surface area contributed by atoms with E-state index in [0.717, 1.165) is 18.4 Å². The summed E-state index contributed by atoms with van der Waals surface area (Å²) in [7, 11) is 0. The summed E-state index contributed by atoms with van der Waals surface area (Å²) in [5, 5.41) is 14.7. The first kappa shape index (κ1) is 20.9. The Balaban J connectivity index is 1.45. The predicted molar refractivity (Wildman–Crippen MR) is 109 cm³/mol. The van der Waals surface area contributed by atoms with E-state index in [0.29, 0.717) is 23.0 Å². The number of carbonyl (C=O) groups is 1. The molecule has 0 unspecified atom stereocenters. The van der Waals surface area contributed by atoms with Crippen molar-refractivity contribution < 1.29 is 18.2 Å². The van der Waals surface area contributed by atoms with Crippen LogP contribution >= 0.6 is 0 Å². The molecule has 0 bridgehead atoms. The second kappa shape index (κ2) is 7.88. The lowest BCUT2D eigenvalue weighted by atomic mass is 9.81. The van der Waals surface area contributed by atoms with Crippen molar-refractivity contribution in [1.29, 1.82) is 0 Å². The molecule has 3 aromatic heterocycles. The maximum atomic E-state index is 13.8. The highest BCUT2D eigenvalue weighted by Crippen LogP contribution is 2.42. The molecule has 0 spiro atoms. The predicted octanol–water partition coefficient (Wildman–Crippen LogP) is 3.13. The molecule has 3 heterocycles. The normalized spacial score (nSPS) is 20.9. The molecule has 2 aliphatic carbocycles. The molecule has 3 aromatic rings. The lowest BCUT2D eigenvalue weighted by Crippen LogP contribution is -2.37. The molecule has 0 radical (unpaired) electrons. The fourth-order valence-corrected chi connectivity index (χ4v) is 4.45. The molecule has 9 nitrogen and oxygen atoms in total. The Morgan fingerprint density at radius 3 is 2.66 bits per heavy atom. The molecule has 1 amide bonds. The van der Waals surface area contributed by atoms with Crippen molar-refractivity contribution in [2.24, 2.45) is 17.6 Å². The molecular weight excluding hydrogens is 420 g/mol. The number of hydrogen-bond donors (Lipinski definition) is 2. The summed E-state index contributed by atoms with van der Waals surface area (Å²) in [6.07, 6.45) is 5.79. The van der Waals surface area contributed by atoms with Crippen LogP contribution in [0.4, 0.5) is 8.78 Å². The van der Waals surface area contributed by atoms with E-state index < -0.39 is 17.9 Å². The highest BCUT2D eigenvalue weighted by Gasteiger charge is 2.39. The van der Waals surface area contributed by atoms with Gasteiger partial charge in [-0.15, -0.1) is 0 Å². The van der Waals surface area contributed by atoms with Gasteiger partial charge >= 0.3 is 0 Å². The number of nitrogens with one attached hydrogen (secondary N) is 1. The van der Waals surface area contributed by atoms with E-state index >= 15 is 0 Å². The number of aryl methyl sites for hydroxylation is 1. The van der Waals surface area contributed by atoms with Crippen LogP contribution in [0.5, 0.6) is 0 Å². The van der Waals surface area contributed by atoms with Gasteiger partial charge < -0.3 is 11.1 Å². The minimum Gasteiger partial charge on any atom is -0.342 e. The van der Waals surface area contributed by atoms with E-state index in [1.165, 1.54) is 0 Å². The van der Waals surface area contributed by atoms with E-state index in [1.807, 2.05) is 6.07 Å². The zero-order valence-electron chi connectivity index (χ0n) is 17.7. The lowest BCUT2D eigenvalue weighted by molar-refractivity contribution is -0.0495. The number of nitrogens with zero attached hydrogens (tertiary/aromatic N) is 5. The SMILES string of the molecule is Cc1nonc1C(=O)N[C@H](c1cn2ncc([C@H](N)C3CC3)cc2n1)C1CCC(F)(F)CC1. The maximum Gasteiger partial charge on any atom is 0.276 e. The fraction of sp³-hybridized carbons (Fsp3) is 0.571. The quantitative estimate of drug-likeness (QED) is 0.597. The van der Waals surface area contributed by atoms with E-state index in [2.05, 4.69) is 30.3 Å². The van der Waals surface area contributed by atoms with E-state index in [4.69, 9.17) is 5.73 Å². The van der Waals surface area contributed by atoms with Gasteiger partial charge in [0.05, 0.1) is 24.1 Å². The largest absolute Gasteiger partial charge is 0.342 e. The first-order valence-electron chi connectivity index (χ1n) is 10.9. The summed E-state index contributed by atoms with van der Waals surface area (Å²) >= 11 is 0. The van der Waals surface area contributed by atoms with E-state index in [1.54, 1.807) is 23.8 Å². The number of aromatic nitrogens is 5. The molecule has 2 atom stereocenters. The molecule has 2 aliphatic rings. The molecule has 170 valence electrons. The summed E-state index contributed by atoms with van der Waals surface area (Å²) < 4.78 is 33.8. The maximum absolute atomic E-state index is 13.8. The number of amides is 1. The average molecular weight is 445 g/mol. The number of rotatable bonds is 6. The van der Waals surface area contributed by atoms with Gasteiger partial charge in [0.1, 0.15) is 5.69 Å². The number of halogens is 2. The number of hydrogen-bond acceptors (Lipinski definition) is 7. The average Bonchev–Trinajstić information content (AvgIpc) is 3.39. The smallest absolute Gasteiger partial charge is 0.276 e. The fourth-order valence-electron chi connectivity index (χ4n) is 4.45. The van der Waals surface area contributed by atoms with Gasteiger partial charge in [-0.2, -0.15) is 5.10 Å². The third-order valence-electron chi connectivity index (χ3n) is 6.58. The minimum absolute atomic E-state index is 0.0655. The van der Waals surface area contributed by atoms with Crippen LogP contribution in [0.25, 0.3) is 5.65 Å². The molecule has 2 saturated carbocycles. The van der Waals surface area contributed by atoms with Gasteiger partial charge in [-0.3, -0.25) is 4.79 Å². The third kappa shape index (κ3) is 4.08. The van der Waals surface area contributed by atoms with Crippen molar-refractivity contribution in [3.63, 3.8) is 0 Å². The summed E-state index contributed by atoms with van der Waals surface area (Å²) in [6.45, 7) is 1.61. The van der Waals surface area contributed by atoms with Crippen LogP contribution < -0.4 is 11.1 Å². The molecule has 3 N–H and O–H groups in total. The van der Waals surface area contributed by atoms with E-state index in [-0.39, 0.29) is 43.3 Å². The first-order valence-corrected chi connectivity index (χ1v) is 10.9. The molecule has 2 fully saturated rings. The van der Waals surface area contributed by atoms with Crippen molar-refractivity contribution in [3.05, 3.63) is 41.1 Å². The van der Waals surface area contributed by atoms with Gasteiger partial charge in [0, 0.05) is 18.9 Å². The molecule has 0 aliphatic heterocycles. The number of imidazole rings is 1. The molecule has 0 saturated heterocycles. The number of fused-ring (bicyclic) bond motifs is 1. The summed E-state index contributed by atoms with van der Waals surface area (Å²) in [6, 6.07) is 1.25. The van der Waals surface area contributed by atoms with Gasteiger partial charge in [-0.1, -0.05) is 5.16 Å². The topological polar surface area (TPSA) is 124 Å². The van der Waals surface area contributed by atoms with Gasteiger partial charge in [0.15, 0.2) is 11.3 Å². The number of alkyl halides is 2.